The minimum atomic E-state index is -0.613. The number of hydrogen-bond acceptors (Lipinski definition) is 5. The molecule has 7 heteroatoms. The zero-order chi connectivity index (χ0) is 18.8. The SMILES string of the molecule is CC(=O)SCC(=Cc1cc(F)cc(CO)c1)B1OC(C)(C)C(C)(C)O1. The van der Waals surface area contributed by atoms with Gasteiger partial charge in [-0.05, 0) is 62.5 Å². The average molecular weight is 366 g/mol. The molecule has 1 saturated heterocycles. The summed E-state index contributed by atoms with van der Waals surface area (Å²) in [6.07, 6.45) is 1.76. The van der Waals surface area contributed by atoms with Gasteiger partial charge in [-0.2, -0.15) is 0 Å². The van der Waals surface area contributed by atoms with Gasteiger partial charge in [0, 0.05) is 12.7 Å². The van der Waals surface area contributed by atoms with Crippen molar-refractivity contribution in [1.29, 1.82) is 0 Å². The lowest BCUT2D eigenvalue weighted by Gasteiger charge is -2.32. The maximum Gasteiger partial charge on any atom is 0.491 e. The van der Waals surface area contributed by atoms with Crippen molar-refractivity contribution in [3.05, 3.63) is 40.6 Å². The monoisotopic (exact) mass is 366 g/mol. The molecule has 0 spiro atoms. The molecular weight excluding hydrogens is 342 g/mol. The molecule has 0 aromatic heterocycles. The highest BCUT2D eigenvalue weighted by Gasteiger charge is 2.52. The molecule has 1 aliphatic heterocycles. The van der Waals surface area contributed by atoms with E-state index >= 15 is 0 Å². The van der Waals surface area contributed by atoms with Crippen LogP contribution in [0.4, 0.5) is 4.39 Å². The van der Waals surface area contributed by atoms with Gasteiger partial charge in [0.15, 0.2) is 5.12 Å². The Kier molecular flexibility index (Phi) is 6.15. The maximum absolute atomic E-state index is 13.7. The fourth-order valence-electron chi connectivity index (χ4n) is 2.42. The summed E-state index contributed by atoms with van der Waals surface area (Å²) in [6.45, 7) is 9.07. The fourth-order valence-corrected chi connectivity index (χ4v) is 3.01. The molecule has 136 valence electrons. The molecule has 0 amide bonds. The second kappa shape index (κ2) is 7.62. The van der Waals surface area contributed by atoms with Crippen LogP contribution in [0.15, 0.2) is 23.7 Å². The maximum atomic E-state index is 13.7. The summed E-state index contributed by atoms with van der Waals surface area (Å²) in [5.74, 6) is -0.0396. The third kappa shape index (κ3) is 4.94. The van der Waals surface area contributed by atoms with Gasteiger partial charge >= 0.3 is 7.12 Å². The lowest BCUT2D eigenvalue weighted by atomic mass is 9.78. The number of halogens is 1. The second-order valence-electron chi connectivity index (χ2n) is 7.14. The summed E-state index contributed by atoms with van der Waals surface area (Å²) in [5.41, 5.74) is 0.816. The Morgan fingerprint density at radius 1 is 1.24 bits per heavy atom. The second-order valence-corrected chi connectivity index (χ2v) is 8.29. The molecule has 1 fully saturated rings. The first-order valence-electron chi connectivity index (χ1n) is 8.14. The van der Waals surface area contributed by atoms with Gasteiger partial charge in [-0.3, -0.25) is 4.79 Å². The first-order valence-corrected chi connectivity index (χ1v) is 9.12. The number of aliphatic hydroxyl groups is 1. The Morgan fingerprint density at radius 2 is 1.84 bits per heavy atom. The van der Waals surface area contributed by atoms with Gasteiger partial charge in [0.25, 0.3) is 0 Å². The smallest absolute Gasteiger partial charge is 0.400 e. The van der Waals surface area contributed by atoms with E-state index < -0.39 is 24.1 Å². The first kappa shape index (κ1) is 20.2. The lowest BCUT2D eigenvalue weighted by molar-refractivity contribution is -0.109. The van der Waals surface area contributed by atoms with E-state index in [1.807, 2.05) is 27.7 Å². The fraction of sp³-hybridized carbons (Fsp3) is 0.500. The van der Waals surface area contributed by atoms with E-state index in [0.29, 0.717) is 16.9 Å². The quantitative estimate of drug-likeness (QED) is 0.807. The Morgan fingerprint density at radius 3 is 2.36 bits per heavy atom. The number of aliphatic hydroxyl groups excluding tert-OH is 1. The van der Waals surface area contributed by atoms with Crippen LogP contribution in [-0.4, -0.2) is 34.3 Å². The van der Waals surface area contributed by atoms with E-state index in [2.05, 4.69) is 0 Å². The third-order valence-electron chi connectivity index (χ3n) is 4.51. The summed E-state index contributed by atoms with van der Waals surface area (Å²) < 4.78 is 25.9. The van der Waals surface area contributed by atoms with Crippen LogP contribution in [0.2, 0.25) is 0 Å². The summed E-state index contributed by atoms with van der Waals surface area (Å²) in [6, 6.07) is 4.37. The van der Waals surface area contributed by atoms with E-state index in [0.717, 1.165) is 17.2 Å². The molecule has 1 aromatic carbocycles. The average Bonchev–Trinajstić information content (AvgIpc) is 2.70. The Hall–Kier alpha value is -1.15. The largest absolute Gasteiger partial charge is 0.491 e. The summed E-state index contributed by atoms with van der Waals surface area (Å²) in [7, 11) is -0.613. The molecule has 0 aliphatic carbocycles. The van der Waals surface area contributed by atoms with Crippen molar-refractivity contribution in [2.45, 2.75) is 52.4 Å². The summed E-state index contributed by atoms with van der Waals surface area (Å²) in [5, 5.41) is 9.24. The predicted octanol–water partition coefficient (Wildman–Crippen LogP) is 3.61. The number of carbonyl (C=O) groups excluding carboxylic acids is 1. The van der Waals surface area contributed by atoms with Crippen molar-refractivity contribution in [3.63, 3.8) is 0 Å². The zero-order valence-corrected chi connectivity index (χ0v) is 16.1. The van der Waals surface area contributed by atoms with Crippen molar-refractivity contribution in [2.75, 3.05) is 5.75 Å². The van der Waals surface area contributed by atoms with Gasteiger partial charge in [-0.15, -0.1) is 0 Å². The minimum absolute atomic E-state index is 0.0160. The Balaban J connectivity index is 2.36. The standard InChI is InChI=1S/C18H24BFO4S/c1-12(22)25-11-15(19-23-17(2,3)18(4,5)24-19)7-13-6-14(10-21)9-16(20)8-13/h6-9,21H,10-11H2,1-5H3. The molecule has 0 radical (unpaired) electrons. The van der Waals surface area contributed by atoms with Gasteiger partial charge < -0.3 is 14.4 Å². The van der Waals surface area contributed by atoms with Crippen molar-refractivity contribution in [3.8, 4) is 0 Å². The third-order valence-corrected chi connectivity index (χ3v) is 5.40. The van der Waals surface area contributed by atoms with Crippen LogP contribution in [0.25, 0.3) is 6.08 Å². The van der Waals surface area contributed by atoms with Gasteiger partial charge in [0.05, 0.1) is 17.8 Å². The topological polar surface area (TPSA) is 55.8 Å². The molecule has 1 heterocycles. The van der Waals surface area contributed by atoms with Gasteiger partial charge in [-0.1, -0.05) is 17.8 Å². The van der Waals surface area contributed by atoms with Crippen LogP contribution >= 0.6 is 11.8 Å². The number of hydrogen-bond donors (Lipinski definition) is 1. The molecule has 4 nitrogen and oxygen atoms in total. The number of rotatable bonds is 5. The van der Waals surface area contributed by atoms with Crippen LogP contribution in [-0.2, 0) is 20.7 Å². The van der Waals surface area contributed by atoms with Gasteiger partial charge in [0.2, 0.25) is 0 Å². The highest BCUT2D eigenvalue weighted by Crippen LogP contribution is 2.39. The van der Waals surface area contributed by atoms with Crippen molar-refractivity contribution in [2.24, 2.45) is 0 Å². The predicted molar refractivity (Wildman–Crippen MR) is 99.5 cm³/mol. The van der Waals surface area contributed by atoms with Crippen LogP contribution in [0.3, 0.4) is 0 Å². The van der Waals surface area contributed by atoms with Crippen molar-refractivity contribution < 1.29 is 23.6 Å². The number of benzene rings is 1. The zero-order valence-electron chi connectivity index (χ0n) is 15.3. The molecular formula is C18H24BFO4S. The van der Waals surface area contributed by atoms with Crippen LogP contribution in [0.1, 0.15) is 45.7 Å². The molecule has 0 atom stereocenters. The van der Waals surface area contributed by atoms with E-state index in [9.17, 15) is 14.3 Å². The molecule has 0 bridgehead atoms. The lowest BCUT2D eigenvalue weighted by Crippen LogP contribution is -2.41. The highest BCUT2D eigenvalue weighted by atomic mass is 32.2. The molecule has 0 saturated carbocycles. The van der Waals surface area contributed by atoms with Crippen molar-refractivity contribution in [1.82, 2.24) is 0 Å². The summed E-state index contributed by atoms with van der Waals surface area (Å²) >= 11 is 1.15. The molecule has 2 rings (SSSR count). The molecule has 1 N–H and O–H groups in total. The van der Waals surface area contributed by atoms with Crippen molar-refractivity contribution >= 4 is 30.1 Å². The molecule has 1 aliphatic rings. The van der Waals surface area contributed by atoms with E-state index in [1.54, 1.807) is 12.1 Å². The van der Waals surface area contributed by atoms with Gasteiger partial charge in [0.1, 0.15) is 5.82 Å². The van der Waals surface area contributed by atoms with Crippen LogP contribution in [0, 0.1) is 5.82 Å². The van der Waals surface area contributed by atoms with E-state index in [1.165, 1.54) is 19.1 Å². The Bertz CT molecular complexity index is 672. The summed E-state index contributed by atoms with van der Waals surface area (Å²) in [4.78, 5) is 11.4. The minimum Gasteiger partial charge on any atom is -0.400 e. The molecule has 1 aromatic rings. The highest BCUT2D eigenvalue weighted by molar-refractivity contribution is 8.13. The molecule has 25 heavy (non-hydrogen) atoms. The van der Waals surface area contributed by atoms with Crippen LogP contribution < -0.4 is 0 Å². The van der Waals surface area contributed by atoms with E-state index in [4.69, 9.17) is 9.31 Å². The van der Waals surface area contributed by atoms with Crippen LogP contribution in [0.5, 0.6) is 0 Å². The number of carbonyl (C=O) groups is 1. The van der Waals surface area contributed by atoms with E-state index in [-0.39, 0.29) is 11.7 Å². The number of thioether (sulfide) groups is 1. The normalized spacial score (nSPS) is 19.3. The first-order chi connectivity index (χ1) is 11.5. The Labute approximate surface area is 152 Å². The molecule has 0 unspecified atom stereocenters. The van der Waals surface area contributed by atoms with Gasteiger partial charge in [-0.25, -0.2) is 4.39 Å².